The van der Waals surface area contributed by atoms with Gasteiger partial charge in [0.05, 0.1) is 11.6 Å². The maximum atomic E-state index is 13.8. The SMILES string of the molecule is C[C@H](c1ccccc1)N(C)C(=O)[C@H]1CC[C@H]2[C@@H]3CC[C@@H]4C[C@](C)(O)CC[C@@H]4[C@H]3CC[C@]12C. The molecular weight excluding hydrogens is 394 g/mol. The summed E-state index contributed by atoms with van der Waals surface area (Å²) in [5, 5.41) is 10.6. The van der Waals surface area contributed by atoms with Gasteiger partial charge in [0.25, 0.3) is 0 Å². The third-order valence-corrected chi connectivity index (χ3v) is 10.7. The van der Waals surface area contributed by atoms with E-state index in [0.717, 1.165) is 42.9 Å². The number of hydrogen-bond donors (Lipinski definition) is 1. The van der Waals surface area contributed by atoms with Crippen molar-refractivity contribution in [3.8, 4) is 0 Å². The lowest BCUT2D eigenvalue weighted by molar-refractivity contribution is -0.145. The van der Waals surface area contributed by atoms with Crippen LogP contribution in [0.3, 0.4) is 0 Å². The van der Waals surface area contributed by atoms with Crippen molar-refractivity contribution in [2.24, 2.45) is 40.9 Å². The molecule has 176 valence electrons. The van der Waals surface area contributed by atoms with Gasteiger partial charge in [-0.1, -0.05) is 37.3 Å². The van der Waals surface area contributed by atoms with Crippen LogP contribution >= 0.6 is 0 Å². The van der Waals surface area contributed by atoms with Gasteiger partial charge in [0, 0.05) is 13.0 Å². The van der Waals surface area contributed by atoms with E-state index < -0.39 is 5.60 Å². The van der Waals surface area contributed by atoms with Gasteiger partial charge in [-0.05, 0) is 112 Å². The van der Waals surface area contributed by atoms with Gasteiger partial charge in [0.2, 0.25) is 5.91 Å². The van der Waals surface area contributed by atoms with Crippen LogP contribution < -0.4 is 0 Å². The van der Waals surface area contributed by atoms with Crippen molar-refractivity contribution >= 4 is 5.91 Å². The standard InChI is InChI=1S/C29H43NO2/c1-19(20-8-6-5-7-9-20)30(4)27(31)26-13-12-25-24-11-10-21-18-28(2,32)16-14-22(21)23(24)15-17-29(25,26)3/h5-9,19,21-26,32H,10-18H2,1-4H3/t19-,21-,22+,23-,24-,25+,26-,28-,29+/m1/s1. The second kappa shape index (κ2) is 8.15. The molecule has 5 rings (SSSR count). The second-order valence-corrected chi connectivity index (χ2v) is 12.4. The van der Waals surface area contributed by atoms with Crippen molar-refractivity contribution in [1.29, 1.82) is 0 Å². The van der Waals surface area contributed by atoms with Crippen molar-refractivity contribution < 1.29 is 9.90 Å². The zero-order valence-corrected chi connectivity index (χ0v) is 20.6. The highest BCUT2D eigenvalue weighted by Gasteiger charge is 2.59. The summed E-state index contributed by atoms with van der Waals surface area (Å²) < 4.78 is 0. The summed E-state index contributed by atoms with van der Waals surface area (Å²) in [6.07, 6.45) is 10.6. The minimum absolute atomic E-state index is 0.119. The molecule has 9 atom stereocenters. The fourth-order valence-corrected chi connectivity index (χ4v) is 8.88. The Kier molecular flexibility index (Phi) is 5.72. The lowest BCUT2D eigenvalue weighted by Crippen LogP contribution is -2.52. The third kappa shape index (κ3) is 3.63. The fraction of sp³-hybridized carbons (Fsp3) is 0.759. The first-order valence-corrected chi connectivity index (χ1v) is 13.3. The van der Waals surface area contributed by atoms with E-state index in [0.29, 0.717) is 11.8 Å². The van der Waals surface area contributed by atoms with E-state index >= 15 is 0 Å². The Balaban J connectivity index is 1.31. The van der Waals surface area contributed by atoms with Gasteiger partial charge in [0.1, 0.15) is 0 Å². The van der Waals surface area contributed by atoms with E-state index in [9.17, 15) is 9.90 Å². The number of aliphatic hydroxyl groups is 1. The molecule has 4 aliphatic rings. The molecule has 4 aliphatic carbocycles. The predicted molar refractivity (Wildman–Crippen MR) is 129 cm³/mol. The molecule has 0 aromatic heterocycles. The van der Waals surface area contributed by atoms with Gasteiger partial charge in [-0.3, -0.25) is 4.79 Å². The highest BCUT2D eigenvalue weighted by atomic mass is 16.3. The minimum atomic E-state index is -0.442. The summed E-state index contributed by atoms with van der Waals surface area (Å²) in [5.74, 6) is 4.42. The van der Waals surface area contributed by atoms with E-state index in [4.69, 9.17) is 0 Å². The molecular formula is C29H43NO2. The first-order valence-electron chi connectivity index (χ1n) is 13.3. The molecule has 0 unspecified atom stereocenters. The Morgan fingerprint density at radius 1 is 0.969 bits per heavy atom. The number of hydrogen-bond acceptors (Lipinski definition) is 2. The molecule has 1 N–H and O–H groups in total. The largest absolute Gasteiger partial charge is 0.390 e. The molecule has 0 saturated heterocycles. The highest BCUT2D eigenvalue weighted by molar-refractivity contribution is 5.80. The predicted octanol–water partition coefficient (Wildman–Crippen LogP) is 6.23. The Hall–Kier alpha value is -1.35. The Bertz CT molecular complexity index is 835. The van der Waals surface area contributed by atoms with Gasteiger partial charge in [-0.15, -0.1) is 0 Å². The van der Waals surface area contributed by atoms with Crippen molar-refractivity contribution in [1.82, 2.24) is 4.90 Å². The van der Waals surface area contributed by atoms with Gasteiger partial charge < -0.3 is 10.0 Å². The zero-order valence-electron chi connectivity index (χ0n) is 20.6. The van der Waals surface area contributed by atoms with Crippen LogP contribution in [-0.2, 0) is 4.79 Å². The lowest BCUT2D eigenvalue weighted by Gasteiger charge is -2.57. The smallest absolute Gasteiger partial charge is 0.226 e. The molecule has 1 aromatic rings. The quantitative estimate of drug-likeness (QED) is 0.609. The summed E-state index contributed by atoms with van der Waals surface area (Å²) >= 11 is 0. The monoisotopic (exact) mass is 437 g/mol. The van der Waals surface area contributed by atoms with Crippen LogP contribution in [0, 0.1) is 40.9 Å². The number of fused-ring (bicyclic) bond motifs is 5. The van der Waals surface area contributed by atoms with E-state index in [2.05, 4.69) is 38.1 Å². The Morgan fingerprint density at radius 2 is 1.69 bits per heavy atom. The topological polar surface area (TPSA) is 40.5 Å². The summed E-state index contributed by atoms with van der Waals surface area (Å²) in [4.78, 5) is 15.8. The van der Waals surface area contributed by atoms with Crippen LogP contribution in [-0.4, -0.2) is 28.6 Å². The molecule has 0 radical (unpaired) electrons. The maximum Gasteiger partial charge on any atom is 0.226 e. The van der Waals surface area contributed by atoms with Crippen molar-refractivity contribution in [3.63, 3.8) is 0 Å². The molecule has 4 fully saturated rings. The minimum Gasteiger partial charge on any atom is -0.390 e. The molecule has 0 aliphatic heterocycles. The van der Waals surface area contributed by atoms with Crippen LogP contribution in [0.4, 0.5) is 0 Å². The highest BCUT2D eigenvalue weighted by Crippen LogP contribution is 2.64. The number of amides is 1. The second-order valence-electron chi connectivity index (χ2n) is 12.4. The molecule has 1 amide bonds. The van der Waals surface area contributed by atoms with Crippen LogP contribution in [0.25, 0.3) is 0 Å². The molecule has 3 heteroatoms. The van der Waals surface area contributed by atoms with Crippen molar-refractivity contribution in [3.05, 3.63) is 35.9 Å². The van der Waals surface area contributed by atoms with Crippen LogP contribution in [0.15, 0.2) is 30.3 Å². The van der Waals surface area contributed by atoms with Gasteiger partial charge in [-0.25, -0.2) is 0 Å². The Labute approximate surface area is 195 Å². The summed E-state index contributed by atoms with van der Waals surface area (Å²) in [5.41, 5.74) is 0.941. The van der Waals surface area contributed by atoms with Crippen LogP contribution in [0.1, 0.15) is 90.2 Å². The molecule has 0 spiro atoms. The molecule has 0 heterocycles. The molecule has 32 heavy (non-hydrogen) atoms. The van der Waals surface area contributed by atoms with E-state index in [1.54, 1.807) is 0 Å². The molecule has 1 aromatic carbocycles. The van der Waals surface area contributed by atoms with Crippen LogP contribution in [0.5, 0.6) is 0 Å². The maximum absolute atomic E-state index is 13.8. The van der Waals surface area contributed by atoms with Gasteiger partial charge in [0.15, 0.2) is 0 Å². The third-order valence-electron chi connectivity index (χ3n) is 10.7. The Morgan fingerprint density at radius 3 is 2.44 bits per heavy atom. The lowest BCUT2D eigenvalue weighted by atomic mass is 9.49. The average Bonchev–Trinajstić information content (AvgIpc) is 3.14. The number of rotatable bonds is 3. The average molecular weight is 438 g/mol. The number of benzene rings is 1. The van der Waals surface area contributed by atoms with Gasteiger partial charge >= 0.3 is 0 Å². The van der Waals surface area contributed by atoms with Crippen molar-refractivity contribution in [2.45, 2.75) is 90.2 Å². The molecule has 3 nitrogen and oxygen atoms in total. The van der Waals surface area contributed by atoms with E-state index in [1.165, 1.54) is 44.1 Å². The van der Waals surface area contributed by atoms with Gasteiger partial charge in [-0.2, -0.15) is 0 Å². The van der Waals surface area contributed by atoms with E-state index in [1.807, 2.05) is 24.9 Å². The summed E-state index contributed by atoms with van der Waals surface area (Å²) in [6.45, 7) is 6.67. The number of carbonyl (C=O) groups is 1. The summed E-state index contributed by atoms with van der Waals surface area (Å²) in [7, 11) is 2.02. The normalized spacial score (nSPS) is 44.2. The first-order chi connectivity index (χ1) is 15.2. The summed E-state index contributed by atoms with van der Waals surface area (Å²) in [6, 6.07) is 10.6. The molecule has 4 saturated carbocycles. The first kappa shape index (κ1) is 22.4. The number of carbonyl (C=O) groups excluding carboxylic acids is 1. The fourth-order valence-electron chi connectivity index (χ4n) is 8.88. The van der Waals surface area contributed by atoms with E-state index in [-0.39, 0.29) is 17.4 Å². The number of nitrogens with zero attached hydrogens (tertiary/aromatic N) is 1. The zero-order chi connectivity index (χ0) is 22.7. The van der Waals surface area contributed by atoms with Crippen LogP contribution in [0.2, 0.25) is 0 Å². The molecule has 0 bridgehead atoms. The van der Waals surface area contributed by atoms with Crippen molar-refractivity contribution in [2.75, 3.05) is 7.05 Å².